The quantitative estimate of drug-likeness (QED) is 0.0552. The topological polar surface area (TPSA) is 210 Å². The van der Waals surface area contributed by atoms with Crippen LogP contribution in [0.15, 0.2) is 60.4 Å². The van der Waals surface area contributed by atoms with Crippen LogP contribution in [0.5, 0.6) is 57.5 Å². The van der Waals surface area contributed by atoms with Crippen molar-refractivity contribution in [2.24, 2.45) is 58.1 Å². The third-order valence-electron chi connectivity index (χ3n) is 22.7. The number of hydrogen-bond acceptors (Lipinski definition) is 20. The predicted molar refractivity (Wildman–Crippen MR) is 465 cm³/mol. The zero-order valence-corrected chi connectivity index (χ0v) is 68.5. The van der Waals surface area contributed by atoms with Crippen LogP contribution < -0.4 is 47.4 Å². The molecule has 5 aromatic rings. The molecule has 5 N–H and O–H groups in total. The third-order valence-corrected chi connectivity index (χ3v) is 22.7. The zero-order valence-electron chi connectivity index (χ0n) is 120. The number of aliphatic hydroxyl groups is 5. The molecule has 0 spiro atoms. The van der Waals surface area contributed by atoms with Gasteiger partial charge in [0.05, 0.1) is 142 Å². The van der Waals surface area contributed by atoms with Crippen molar-refractivity contribution in [2.45, 2.75) is 240 Å². The maximum atomic E-state index is 11.1. The average molecular weight is 1680 g/mol. The van der Waals surface area contributed by atoms with E-state index in [0.29, 0.717) is 72.6 Å². The van der Waals surface area contributed by atoms with Gasteiger partial charge in [0.2, 0.25) is 0 Å². The van der Waals surface area contributed by atoms with Crippen LogP contribution in [0.4, 0.5) is 0 Å². The Balaban J connectivity index is 0.000000198. The van der Waals surface area contributed by atoms with E-state index < -0.39 is 237 Å². The number of rotatable bonds is 18. The molecule has 652 valence electrons. The van der Waals surface area contributed by atoms with E-state index in [-0.39, 0.29) is 208 Å². The maximum Gasteiger partial charge on any atom is 0.161 e. The van der Waals surface area contributed by atoms with Crippen LogP contribution in [0, 0.1) is 58.1 Å². The van der Waals surface area contributed by atoms with Crippen LogP contribution in [0.25, 0.3) is 0 Å². The van der Waals surface area contributed by atoms with Gasteiger partial charge in [-0.3, -0.25) is 24.5 Å². The SMILES string of the molecule is [2H]c1c2c(c([2H])c(OC([2H])([2H])[2H])c1OC([2H])([2H])[2H])C1CC(O)C(C([2H])([2H])C(C)(C([2H])([2H])[2H])C([2H])([2H])[2H])CN1CC2.[2H]c1c2c(c([2H])c(OC([2H])([2H])[2H])c1OC([2H])([2H])[2H])C1CC(O)C(CC(C)C)CN1CC2.[2H]c1c2c(c([2H])c(OC([2H])([2H])[2H])c1OC)C1N(CC2)CC([2H])(CC(C)C)C([2H])(O)C1([2H])[2H].[2H]c1c2c(c([2H])c(OC)c1OC([2H])([2H])[2H])C1CC(O)C(C([2H])([2H])C(C)(C([2H])([2H])[2H])C([2H])([2H])[2H])CN1CC2.[2H]c1c2c(c([2H])c(OC)c1OC)C1N(CC2)CC([2H])(CC(C)C)C([2H])(O)C1([2H])[2H]. The van der Waals surface area contributed by atoms with Crippen molar-refractivity contribution in [1.29, 1.82) is 0 Å². The molecule has 0 radical (unpaired) electrons. The van der Waals surface area contributed by atoms with Gasteiger partial charge in [-0.25, -0.2) is 0 Å². The van der Waals surface area contributed by atoms with Crippen molar-refractivity contribution in [2.75, 3.05) is 136 Å². The lowest BCUT2D eigenvalue weighted by Gasteiger charge is -2.47. The van der Waals surface area contributed by atoms with Crippen molar-refractivity contribution < 1.29 is 144 Å². The van der Waals surface area contributed by atoms with E-state index in [2.05, 4.69) is 18.7 Å². The van der Waals surface area contributed by atoms with Crippen LogP contribution in [0.2, 0.25) is 0 Å². The van der Waals surface area contributed by atoms with E-state index in [4.69, 9.17) is 119 Å². The lowest BCUT2D eigenvalue weighted by atomic mass is 9.75. The minimum absolute atomic E-state index is 0.00439. The first-order valence-corrected chi connectivity index (χ1v) is 39.6. The van der Waals surface area contributed by atoms with Gasteiger partial charge in [-0.1, -0.05) is 82.8 Å². The summed E-state index contributed by atoms with van der Waals surface area (Å²) in [5.74, 6) is -9.83. The Hall–Kier alpha value is -6.30. The fraction of sp³-hybridized carbons (Fsp3) is 0.691. The molecule has 0 saturated carbocycles. The Labute approximate surface area is 775 Å². The van der Waals surface area contributed by atoms with E-state index in [1.165, 1.54) is 28.4 Å². The van der Waals surface area contributed by atoms with E-state index in [9.17, 15) is 25.5 Å². The molecular weight excluding hydrogens is 1480 g/mol. The molecule has 5 saturated heterocycles. The summed E-state index contributed by atoms with van der Waals surface area (Å²) < 4.78 is 469. The Bertz CT molecular complexity index is 6420. The van der Waals surface area contributed by atoms with Gasteiger partial charge in [-0.05, 0) is 270 Å². The van der Waals surface area contributed by atoms with Crippen molar-refractivity contribution in [1.82, 2.24) is 24.5 Å². The molecule has 0 bridgehead atoms. The second-order valence-electron chi connectivity index (χ2n) is 32.9. The maximum absolute atomic E-state index is 11.1. The van der Waals surface area contributed by atoms with Gasteiger partial charge in [0.25, 0.3) is 0 Å². The molecule has 10 aliphatic heterocycles. The Morgan fingerprint density at radius 1 is 0.368 bits per heavy atom. The monoisotopic (exact) mass is 1680 g/mol. The number of benzene rings is 5. The molecule has 0 aliphatic carbocycles. The van der Waals surface area contributed by atoms with Gasteiger partial charge >= 0.3 is 0 Å². The molecule has 15 atom stereocenters. The highest BCUT2D eigenvalue weighted by molar-refractivity contribution is 5.54. The number of fused-ring (bicyclic) bond motifs is 15. The summed E-state index contributed by atoms with van der Waals surface area (Å²) >= 11 is 0. The normalized spacial score (nSPS) is 38.6. The number of ether oxygens (including phenoxy) is 10. The fourth-order valence-corrected chi connectivity index (χ4v) is 17.6. The van der Waals surface area contributed by atoms with E-state index in [1.807, 2.05) is 27.7 Å². The number of aliphatic hydroxyl groups excluding tert-OH is 3. The fourth-order valence-electron chi connectivity index (χ4n) is 17.6. The second kappa shape index (κ2) is 40.1. The zero-order chi connectivity index (χ0) is 129. The van der Waals surface area contributed by atoms with E-state index in [1.54, 1.807) is 19.6 Å². The predicted octanol–water partition coefficient (Wildman–Crippen LogP) is 15.9. The lowest BCUT2D eigenvalue weighted by molar-refractivity contribution is -0.0259. The minimum atomic E-state index is -3.26. The summed E-state index contributed by atoms with van der Waals surface area (Å²) in [4.78, 5) is 8.85. The van der Waals surface area contributed by atoms with Gasteiger partial charge in [-0.15, -0.1) is 0 Å². The third kappa shape index (κ3) is 22.0. The van der Waals surface area contributed by atoms with Crippen LogP contribution in [-0.4, -0.2) is 217 Å². The van der Waals surface area contributed by atoms with Crippen LogP contribution in [0.1, 0.15) is 304 Å². The summed E-state index contributed by atoms with van der Waals surface area (Å²) in [6.45, 7) is 1.96. The van der Waals surface area contributed by atoms with Gasteiger partial charge in [0.1, 0.15) is 0 Å². The number of nitrogens with zero attached hydrogens (tertiary/aromatic N) is 5. The summed E-state index contributed by atoms with van der Waals surface area (Å²) in [5, 5.41) is 55.1. The average Bonchev–Trinajstić information content (AvgIpc) is 0.688. The largest absolute Gasteiger partial charge is 0.493 e. The molecule has 5 fully saturated rings. The Kier molecular flexibility index (Phi) is 15.3. The molecule has 5 aromatic carbocycles. The lowest BCUT2D eigenvalue weighted by Crippen LogP contribution is -2.48. The van der Waals surface area contributed by atoms with E-state index in [0.717, 1.165) is 20.3 Å². The highest BCUT2D eigenvalue weighted by Crippen LogP contribution is 2.51. The van der Waals surface area contributed by atoms with Crippen molar-refractivity contribution >= 4 is 0 Å². The number of hydrogen-bond donors (Lipinski definition) is 5. The Morgan fingerprint density at radius 3 is 0.872 bits per heavy atom. The van der Waals surface area contributed by atoms with Gasteiger partial charge in [0, 0.05) is 126 Å². The Morgan fingerprint density at radius 2 is 0.607 bits per heavy atom. The highest BCUT2D eigenvalue weighted by Gasteiger charge is 2.45. The molecule has 10 aliphatic rings. The summed E-state index contributed by atoms with van der Waals surface area (Å²) in [6, 6.07) is -7.33. The molecule has 10 heterocycles. The number of methoxy groups -OCH3 is 10. The standard InChI is InChI=1S/2C20H31NO3.3C19H29NO3/c2*1-20(2,3)11-14-12-21-7-6-13-8-18(23-4)19(24-5)9-15(13)16(21)10-17(14)22;3*1-12(2)7-14-11-20-6-5-13-8-18(22-3)19(23-4)9-15(13)16(20)10-17(14)21/h2*8-9,14,16-17,22H,6-7,10-12H2,1-5H3;3*8-9,12,14,16-17,21H,5-7,10-11H2,1-4H3/i1D3,2D3,4D3,5D3,8D,9D,11D2;1D3,2D3,4D3,8D,9D,11D2;4D3,8D,9D,10D2,14D,17D;8D,9D,10D2,14D,17D;3D3,4D3,8D,9D. The van der Waals surface area contributed by atoms with Crippen LogP contribution in [-0.2, 0) is 32.1 Å². The van der Waals surface area contributed by atoms with Crippen molar-refractivity contribution in [3.8, 4) is 57.5 Å². The second-order valence-corrected chi connectivity index (χ2v) is 32.9. The molecule has 0 aromatic heterocycles. The molecular formula is C97H149N5O15. The first-order chi connectivity index (χ1) is 76.3. The molecule has 20 heteroatoms. The minimum Gasteiger partial charge on any atom is -0.493 e. The van der Waals surface area contributed by atoms with Gasteiger partial charge < -0.3 is 72.9 Å². The first-order valence-electron chi connectivity index (χ1n) is 65.6. The smallest absolute Gasteiger partial charge is 0.161 e. The van der Waals surface area contributed by atoms with Crippen LogP contribution >= 0.6 is 0 Å². The van der Waals surface area contributed by atoms with Gasteiger partial charge in [-0.2, -0.15) is 0 Å². The molecule has 20 nitrogen and oxygen atoms in total. The summed E-state index contributed by atoms with van der Waals surface area (Å²) in [6.07, 6.45) is -18.0. The molecule has 15 rings (SSSR count). The molecule has 0 amide bonds. The van der Waals surface area contributed by atoms with Crippen molar-refractivity contribution in [3.63, 3.8) is 0 Å². The van der Waals surface area contributed by atoms with Crippen molar-refractivity contribution in [3.05, 3.63) is 116 Å². The van der Waals surface area contributed by atoms with Crippen LogP contribution in [0.3, 0.4) is 0 Å². The van der Waals surface area contributed by atoms with Gasteiger partial charge in [0.15, 0.2) is 57.5 Å². The summed E-state index contributed by atoms with van der Waals surface area (Å²) in [5.41, 5.74) is -2.93. The number of piperidine rings is 5. The summed E-state index contributed by atoms with van der Waals surface area (Å²) in [7, 11) is -12.8. The van der Waals surface area contributed by atoms with E-state index >= 15 is 0 Å². The highest BCUT2D eigenvalue weighted by atomic mass is 16.5. The molecule has 15 unspecified atom stereocenters. The first kappa shape index (κ1) is 44.7. The molecule has 117 heavy (non-hydrogen) atoms.